The molecule has 0 amide bonds. The van der Waals surface area contributed by atoms with Crippen LogP contribution in [0.3, 0.4) is 0 Å². The highest BCUT2D eigenvalue weighted by atomic mass is 79.9. The molecule has 1 unspecified atom stereocenters. The standard InChI is InChI=1S/C30H25BrCl2N4O3S/c1-3-14-39-28(38)26-18(2)34-29-35-30(41-17-20-9-5-7-11-24(20)33)36-37(29)27(26)22-15-21(31)12-13-25(22)40-16-19-8-4-6-10-23(19)32/h3-13,15,27H,1,14,16-17H2,2H3,(H,34,35,36). The number of carbonyl (C=O) groups excluding carboxylic acids is 1. The molecule has 0 spiro atoms. The Balaban J connectivity index is 1.54. The summed E-state index contributed by atoms with van der Waals surface area (Å²) in [7, 11) is 0. The average Bonchev–Trinajstić information content (AvgIpc) is 3.37. The van der Waals surface area contributed by atoms with Gasteiger partial charge < -0.3 is 14.8 Å². The van der Waals surface area contributed by atoms with Crippen LogP contribution in [0.4, 0.5) is 5.95 Å². The van der Waals surface area contributed by atoms with Gasteiger partial charge in [0.1, 0.15) is 25.0 Å². The lowest BCUT2D eigenvalue weighted by Gasteiger charge is -2.29. The maximum Gasteiger partial charge on any atom is 0.338 e. The Morgan fingerprint density at radius 1 is 1.12 bits per heavy atom. The first-order chi connectivity index (χ1) is 19.9. The number of esters is 1. The van der Waals surface area contributed by atoms with E-state index in [-0.39, 0.29) is 13.2 Å². The minimum Gasteiger partial charge on any atom is -0.488 e. The van der Waals surface area contributed by atoms with Gasteiger partial charge in [0, 0.05) is 37.1 Å². The summed E-state index contributed by atoms with van der Waals surface area (Å²) in [4.78, 5) is 18.1. The van der Waals surface area contributed by atoms with Crippen LogP contribution in [0.2, 0.25) is 10.0 Å². The van der Waals surface area contributed by atoms with Crippen molar-refractivity contribution in [2.24, 2.45) is 0 Å². The van der Waals surface area contributed by atoms with Gasteiger partial charge >= 0.3 is 5.97 Å². The number of halogens is 3. The molecule has 0 bridgehead atoms. The number of carbonyl (C=O) groups is 1. The van der Waals surface area contributed by atoms with Gasteiger partial charge in [0.15, 0.2) is 0 Å². The number of nitrogens with zero attached hydrogens (tertiary/aromatic N) is 3. The Hall–Kier alpha value is -3.24. The minimum atomic E-state index is -0.690. The van der Waals surface area contributed by atoms with Gasteiger partial charge in [0.25, 0.3) is 0 Å². The summed E-state index contributed by atoms with van der Waals surface area (Å²) in [5.74, 6) is 1.14. The number of aromatic nitrogens is 3. The second-order valence-corrected chi connectivity index (χ2v) is 11.7. The SMILES string of the molecule is C=CCOC(=O)C1=C(C)Nc2nc(SCc3ccccc3Cl)nn2C1c1cc(Br)ccc1OCc1ccccc1Cl. The van der Waals surface area contributed by atoms with Crippen LogP contribution in [0.15, 0.2) is 100 Å². The number of anilines is 1. The number of benzene rings is 3. The van der Waals surface area contributed by atoms with Crippen molar-refractivity contribution in [2.75, 3.05) is 11.9 Å². The average molecular weight is 672 g/mol. The first-order valence-corrected chi connectivity index (χ1v) is 15.1. The highest BCUT2D eigenvalue weighted by molar-refractivity contribution is 9.10. The molecule has 1 aliphatic rings. The maximum atomic E-state index is 13.4. The quantitative estimate of drug-likeness (QED) is 0.103. The Labute approximate surface area is 260 Å². The van der Waals surface area contributed by atoms with Crippen LogP contribution in [-0.2, 0) is 21.9 Å². The highest BCUT2D eigenvalue weighted by Gasteiger charge is 2.37. The van der Waals surface area contributed by atoms with Crippen molar-refractivity contribution < 1.29 is 14.3 Å². The van der Waals surface area contributed by atoms with E-state index in [2.05, 4.69) is 27.8 Å². The number of ether oxygens (including phenoxy) is 2. The van der Waals surface area contributed by atoms with Crippen LogP contribution in [-0.4, -0.2) is 27.3 Å². The fourth-order valence-electron chi connectivity index (χ4n) is 4.35. The summed E-state index contributed by atoms with van der Waals surface area (Å²) in [6.07, 6.45) is 1.53. The van der Waals surface area contributed by atoms with Gasteiger partial charge in [-0.15, -0.1) is 5.10 Å². The van der Waals surface area contributed by atoms with Gasteiger partial charge in [0.05, 0.1) is 5.57 Å². The molecule has 1 atom stereocenters. The fraction of sp³-hybridized carbons (Fsp3) is 0.167. The van der Waals surface area contributed by atoms with E-state index >= 15 is 0 Å². The van der Waals surface area contributed by atoms with E-state index in [1.54, 1.807) is 4.68 Å². The molecule has 11 heteroatoms. The smallest absolute Gasteiger partial charge is 0.338 e. The minimum absolute atomic E-state index is 0.0693. The summed E-state index contributed by atoms with van der Waals surface area (Å²) in [6.45, 7) is 5.79. The third-order valence-electron chi connectivity index (χ3n) is 6.31. The van der Waals surface area contributed by atoms with Crippen LogP contribution in [0.25, 0.3) is 0 Å². The van der Waals surface area contributed by atoms with Crippen molar-refractivity contribution in [2.45, 2.75) is 30.5 Å². The largest absolute Gasteiger partial charge is 0.488 e. The molecule has 1 N–H and O–H groups in total. The van der Waals surface area contributed by atoms with Crippen LogP contribution in [0, 0.1) is 0 Å². The zero-order valence-electron chi connectivity index (χ0n) is 21.9. The number of nitrogens with one attached hydrogen (secondary N) is 1. The predicted molar refractivity (Wildman–Crippen MR) is 167 cm³/mol. The van der Waals surface area contributed by atoms with Gasteiger partial charge in [-0.2, -0.15) is 4.98 Å². The fourth-order valence-corrected chi connectivity index (χ4v) is 6.03. The monoisotopic (exact) mass is 670 g/mol. The van der Waals surface area contributed by atoms with Crippen LogP contribution < -0.4 is 10.1 Å². The molecule has 0 aliphatic carbocycles. The molecule has 2 heterocycles. The summed E-state index contributed by atoms with van der Waals surface area (Å²) >= 11 is 17.8. The van der Waals surface area contributed by atoms with Gasteiger partial charge in [-0.1, -0.05) is 99.9 Å². The molecule has 1 aliphatic heterocycles. The number of allylic oxidation sites excluding steroid dienone is 1. The molecule has 7 nitrogen and oxygen atoms in total. The van der Waals surface area contributed by atoms with Crippen molar-refractivity contribution in [1.82, 2.24) is 14.8 Å². The molecule has 0 radical (unpaired) electrons. The zero-order chi connectivity index (χ0) is 28.9. The molecule has 0 saturated heterocycles. The first-order valence-electron chi connectivity index (χ1n) is 12.6. The maximum absolute atomic E-state index is 13.4. The lowest BCUT2D eigenvalue weighted by molar-refractivity contribution is -0.138. The third-order valence-corrected chi connectivity index (χ3v) is 8.42. The second kappa shape index (κ2) is 13.2. The summed E-state index contributed by atoms with van der Waals surface area (Å²) in [5.41, 5.74) is 3.50. The molecule has 5 rings (SSSR count). The van der Waals surface area contributed by atoms with E-state index in [1.807, 2.05) is 73.7 Å². The first kappa shape index (κ1) is 29.3. The Kier molecular flexibility index (Phi) is 9.39. The summed E-state index contributed by atoms with van der Waals surface area (Å²) in [5, 5.41) is 9.86. The van der Waals surface area contributed by atoms with Gasteiger partial charge in [-0.05, 0) is 42.8 Å². The van der Waals surface area contributed by atoms with E-state index in [0.717, 1.165) is 15.6 Å². The van der Waals surface area contributed by atoms with Crippen molar-refractivity contribution in [3.63, 3.8) is 0 Å². The van der Waals surface area contributed by atoms with Gasteiger partial charge in [-0.3, -0.25) is 0 Å². The lowest BCUT2D eigenvalue weighted by Crippen LogP contribution is -2.30. The van der Waals surface area contributed by atoms with E-state index < -0.39 is 12.0 Å². The highest BCUT2D eigenvalue weighted by Crippen LogP contribution is 2.42. The number of hydrogen-bond donors (Lipinski definition) is 1. The second-order valence-electron chi connectivity index (χ2n) is 9.06. The molecule has 0 fully saturated rings. The number of thioether (sulfide) groups is 1. The molecule has 0 saturated carbocycles. The Morgan fingerprint density at radius 2 is 1.83 bits per heavy atom. The molecular weight excluding hydrogens is 647 g/mol. The van der Waals surface area contributed by atoms with Gasteiger partial charge in [-0.25, -0.2) is 9.48 Å². The summed E-state index contributed by atoms with van der Waals surface area (Å²) < 4.78 is 14.3. The molecule has 4 aromatic rings. The van der Waals surface area contributed by atoms with Crippen molar-refractivity contribution in [1.29, 1.82) is 0 Å². The van der Waals surface area contributed by atoms with Crippen LogP contribution in [0.1, 0.15) is 29.7 Å². The van der Waals surface area contributed by atoms with Crippen LogP contribution >= 0.6 is 50.9 Å². The van der Waals surface area contributed by atoms with Crippen LogP contribution in [0.5, 0.6) is 5.75 Å². The molecule has 210 valence electrons. The van der Waals surface area contributed by atoms with E-state index in [4.69, 9.17) is 42.8 Å². The molecule has 3 aromatic carbocycles. The molecular formula is C30H25BrCl2N4O3S. The normalized spacial score (nSPS) is 14.3. The zero-order valence-corrected chi connectivity index (χ0v) is 25.9. The number of rotatable bonds is 10. The van der Waals surface area contributed by atoms with Gasteiger partial charge in [0.2, 0.25) is 11.1 Å². The number of fused-ring (bicyclic) bond motifs is 1. The van der Waals surface area contributed by atoms with Crippen molar-refractivity contribution in [3.05, 3.63) is 122 Å². The molecule has 41 heavy (non-hydrogen) atoms. The van der Waals surface area contributed by atoms with E-state index in [1.165, 1.54) is 17.8 Å². The van der Waals surface area contributed by atoms with E-state index in [0.29, 0.717) is 49.5 Å². The third kappa shape index (κ3) is 6.64. The van der Waals surface area contributed by atoms with E-state index in [9.17, 15) is 4.79 Å². The Morgan fingerprint density at radius 3 is 2.54 bits per heavy atom. The lowest BCUT2D eigenvalue weighted by atomic mass is 9.95. The topological polar surface area (TPSA) is 78.3 Å². The Bertz CT molecular complexity index is 1640. The number of hydrogen-bond acceptors (Lipinski definition) is 7. The molecule has 1 aromatic heterocycles. The summed E-state index contributed by atoms with van der Waals surface area (Å²) in [6, 6.07) is 20.1. The van der Waals surface area contributed by atoms with Crippen molar-refractivity contribution in [3.8, 4) is 5.75 Å². The predicted octanol–water partition coefficient (Wildman–Crippen LogP) is 8.24. The van der Waals surface area contributed by atoms with Crippen molar-refractivity contribution >= 4 is 62.8 Å².